The van der Waals surface area contributed by atoms with E-state index in [0.29, 0.717) is 12.1 Å². The summed E-state index contributed by atoms with van der Waals surface area (Å²) in [7, 11) is 0. The van der Waals surface area contributed by atoms with Gasteiger partial charge in [0.25, 0.3) is 0 Å². The van der Waals surface area contributed by atoms with Gasteiger partial charge in [-0.05, 0) is 64.6 Å². The predicted molar refractivity (Wildman–Crippen MR) is 78.4 cm³/mol. The molecule has 2 heterocycles. The van der Waals surface area contributed by atoms with Crippen molar-refractivity contribution in [3.05, 3.63) is 21.9 Å². The van der Waals surface area contributed by atoms with Gasteiger partial charge in [-0.25, -0.2) is 0 Å². The zero-order valence-corrected chi connectivity index (χ0v) is 12.4. The van der Waals surface area contributed by atoms with E-state index in [9.17, 15) is 0 Å². The van der Waals surface area contributed by atoms with Crippen molar-refractivity contribution in [2.75, 3.05) is 13.2 Å². The molecule has 102 valence electrons. The highest BCUT2D eigenvalue weighted by molar-refractivity contribution is 7.11. The van der Waals surface area contributed by atoms with Crippen molar-refractivity contribution >= 4 is 11.3 Å². The maximum Gasteiger partial charge on any atom is 0.0576 e. The molecule has 1 aliphatic heterocycles. The number of nitrogens with one attached hydrogen (secondary N) is 1. The van der Waals surface area contributed by atoms with E-state index in [0.717, 1.165) is 19.6 Å². The second-order valence-corrected chi connectivity index (χ2v) is 6.72. The Hall–Kier alpha value is -0.380. The quantitative estimate of drug-likeness (QED) is 0.763. The molecule has 1 aliphatic rings. The van der Waals surface area contributed by atoms with Crippen LogP contribution in [0, 0.1) is 6.92 Å². The zero-order valence-electron chi connectivity index (χ0n) is 11.6. The van der Waals surface area contributed by atoms with Gasteiger partial charge in [0.1, 0.15) is 0 Å². The van der Waals surface area contributed by atoms with Crippen LogP contribution in [0.5, 0.6) is 0 Å². The number of hydrogen-bond donors (Lipinski definition) is 1. The number of ether oxygens (including phenoxy) is 1. The molecule has 2 atom stereocenters. The van der Waals surface area contributed by atoms with Crippen molar-refractivity contribution in [3.63, 3.8) is 0 Å². The Morgan fingerprint density at radius 3 is 3.06 bits per heavy atom. The van der Waals surface area contributed by atoms with Gasteiger partial charge in [-0.3, -0.25) is 0 Å². The zero-order chi connectivity index (χ0) is 12.8. The van der Waals surface area contributed by atoms with E-state index in [2.05, 4.69) is 31.3 Å². The molecule has 0 aliphatic carbocycles. The van der Waals surface area contributed by atoms with Crippen molar-refractivity contribution in [1.82, 2.24) is 5.32 Å². The molecule has 1 aromatic heterocycles. The first-order valence-corrected chi connectivity index (χ1v) is 7.96. The molecule has 1 saturated heterocycles. The lowest BCUT2D eigenvalue weighted by Crippen LogP contribution is -2.29. The highest BCUT2D eigenvalue weighted by atomic mass is 32.1. The van der Waals surface area contributed by atoms with Crippen LogP contribution in [0.3, 0.4) is 0 Å². The van der Waals surface area contributed by atoms with E-state index in [4.69, 9.17) is 4.74 Å². The van der Waals surface area contributed by atoms with Crippen LogP contribution in [0.25, 0.3) is 0 Å². The summed E-state index contributed by atoms with van der Waals surface area (Å²) in [6.45, 7) is 6.55. The van der Waals surface area contributed by atoms with E-state index in [1.54, 1.807) is 0 Å². The number of rotatable bonds is 7. The lowest BCUT2D eigenvalue weighted by Gasteiger charge is -2.14. The first-order chi connectivity index (χ1) is 8.74. The molecule has 1 N–H and O–H groups in total. The van der Waals surface area contributed by atoms with E-state index in [1.165, 1.54) is 35.4 Å². The third kappa shape index (κ3) is 4.71. The Morgan fingerprint density at radius 1 is 1.50 bits per heavy atom. The number of thiophene rings is 1. The van der Waals surface area contributed by atoms with Crippen LogP contribution in [0.15, 0.2) is 12.1 Å². The van der Waals surface area contributed by atoms with Gasteiger partial charge in [-0.2, -0.15) is 0 Å². The van der Waals surface area contributed by atoms with Crippen LogP contribution in [0.4, 0.5) is 0 Å². The van der Waals surface area contributed by atoms with Crippen molar-refractivity contribution in [2.45, 2.75) is 58.1 Å². The minimum Gasteiger partial charge on any atom is -0.378 e. The average Bonchev–Trinajstić information content (AvgIpc) is 2.96. The fourth-order valence-electron chi connectivity index (χ4n) is 2.52. The Labute approximate surface area is 115 Å². The Bertz CT molecular complexity index is 344. The lowest BCUT2D eigenvalue weighted by atomic mass is 10.1. The van der Waals surface area contributed by atoms with E-state index in [-0.39, 0.29) is 0 Å². The third-order valence-corrected chi connectivity index (χ3v) is 4.55. The van der Waals surface area contributed by atoms with Crippen molar-refractivity contribution in [3.8, 4) is 0 Å². The Morgan fingerprint density at radius 2 is 2.39 bits per heavy atom. The molecule has 18 heavy (non-hydrogen) atoms. The second kappa shape index (κ2) is 7.27. The van der Waals surface area contributed by atoms with Crippen molar-refractivity contribution in [2.24, 2.45) is 0 Å². The van der Waals surface area contributed by atoms with Crippen LogP contribution in [0.2, 0.25) is 0 Å². The van der Waals surface area contributed by atoms with Crippen LogP contribution in [-0.4, -0.2) is 25.3 Å². The average molecular weight is 267 g/mol. The maximum atomic E-state index is 5.63. The van der Waals surface area contributed by atoms with Gasteiger partial charge in [0.15, 0.2) is 0 Å². The van der Waals surface area contributed by atoms with Gasteiger partial charge < -0.3 is 10.1 Å². The molecule has 0 saturated carbocycles. The molecule has 2 rings (SSSR count). The van der Waals surface area contributed by atoms with Gasteiger partial charge in [-0.1, -0.05) is 0 Å². The SMILES string of the molecule is Cc1ccc(CC(C)NCCCC2CCCO2)s1. The highest BCUT2D eigenvalue weighted by Gasteiger charge is 2.14. The van der Waals surface area contributed by atoms with Gasteiger partial charge >= 0.3 is 0 Å². The van der Waals surface area contributed by atoms with Crippen LogP contribution in [0.1, 0.15) is 42.4 Å². The highest BCUT2D eigenvalue weighted by Crippen LogP contribution is 2.17. The second-order valence-electron chi connectivity index (χ2n) is 5.35. The summed E-state index contributed by atoms with van der Waals surface area (Å²) in [4.78, 5) is 2.90. The Kier molecular flexibility index (Phi) is 5.67. The predicted octanol–water partition coefficient (Wildman–Crippen LogP) is 3.54. The van der Waals surface area contributed by atoms with Crippen LogP contribution < -0.4 is 5.32 Å². The first kappa shape index (κ1) is 14.0. The van der Waals surface area contributed by atoms with E-state index < -0.39 is 0 Å². The first-order valence-electron chi connectivity index (χ1n) is 7.14. The number of aryl methyl sites for hydroxylation is 1. The smallest absolute Gasteiger partial charge is 0.0576 e. The summed E-state index contributed by atoms with van der Waals surface area (Å²) in [5, 5.41) is 3.62. The molecule has 1 aromatic rings. The summed E-state index contributed by atoms with van der Waals surface area (Å²) in [6.07, 6.45) is 6.67. The van der Waals surface area contributed by atoms with Crippen molar-refractivity contribution in [1.29, 1.82) is 0 Å². The molecule has 1 fully saturated rings. The summed E-state index contributed by atoms with van der Waals surface area (Å²) in [5.41, 5.74) is 0. The number of hydrogen-bond acceptors (Lipinski definition) is 3. The van der Waals surface area contributed by atoms with Crippen molar-refractivity contribution < 1.29 is 4.74 Å². The minimum atomic E-state index is 0.544. The minimum absolute atomic E-state index is 0.544. The summed E-state index contributed by atoms with van der Waals surface area (Å²) in [6, 6.07) is 5.04. The van der Waals surface area contributed by atoms with E-state index >= 15 is 0 Å². The molecule has 3 heteroatoms. The van der Waals surface area contributed by atoms with Crippen LogP contribution in [-0.2, 0) is 11.2 Å². The molecule has 0 radical (unpaired) electrons. The summed E-state index contributed by atoms with van der Waals surface area (Å²) >= 11 is 1.92. The largest absolute Gasteiger partial charge is 0.378 e. The molecule has 0 amide bonds. The molecule has 2 nitrogen and oxygen atoms in total. The monoisotopic (exact) mass is 267 g/mol. The third-order valence-electron chi connectivity index (χ3n) is 3.52. The Balaban J connectivity index is 1.55. The van der Waals surface area contributed by atoms with E-state index in [1.807, 2.05) is 11.3 Å². The molecular formula is C15H25NOS. The fraction of sp³-hybridized carbons (Fsp3) is 0.733. The topological polar surface area (TPSA) is 21.3 Å². The van der Waals surface area contributed by atoms with Gasteiger partial charge in [0.05, 0.1) is 6.10 Å². The lowest BCUT2D eigenvalue weighted by molar-refractivity contribution is 0.102. The fourth-order valence-corrected chi connectivity index (χ4v) is 3.54. The molecule has 0 bridgehead atoms. The standard InChI is InChI=1S/C15H25NOS/c1-12(11-15-8-7-13(2)18-15)16-9-3-5-14-6-4-10-17-14/h7-8,12,14,16H,3-6,9-11H2,1-2H3. The molecule has 0 aromatic carbocycles. The summed E-state index contributed by atoms with van der Waals surface area (Å²) in [5.74, 6) is 0. The van der Waals surface area contributed by atoms with Gasteiger partial charge in [0, 0.05) is 22.4 Å². The van der Waals surface area contributed by atoms with Crippen LogP contribution >= 0.6 is 11.3 Å². The molecular weight excluding hydrogens is 242 g/mol. The molecule has 2 unspecified atom stereocenters. The normalized spacial score (nSPS) is 21.3. The van der Waals surface area contributed by atoms with Gasteiger partial charge in [-0.15, -0.1) is 11.3 Å². The molecule has 0 spiro atoms. The summed E-state index contributed by atoms with van der Waals surface area (Å²) < 4.78 is 5.63. The maximum absolute atomic E-state index is 5.63. The van der Waals surface area contributed by atoms with Gasteiger partial charge in [0.2, 0.25) is 0 Å².